The molecule has 1 aromatic rings. The van der Waals surface area contributed by atoms with E-state index in [0.717, 1.165) is 31.0 Å². The van der Waals surface area contributed by atoms with Crippen molar-refractivity contribution in [3.63, 3.8) is 0 Å². The molecule has 2 rings (SSSR count). The minimum atomic E-state index is 0.0827. The van der Waals surface area contributed by atoms with Gasteiger partial charge in [-0.05, 0) is 57.6 Å². The van der Waals surface area contributed by atoms with Crippen molar-refractivity contribution in [3.8, 4) is 0 Å². The van der Waals surface area contributed by atoms with Gasteiger partial charge in [-0.1, -0.05) is 23.7 Å². The molecule has 1 heterocycles. The fraction of sp³-hybridized carbons (Fsp3) is 0.533. The summed E-state index contributed by atoms with van der Waals surface area (Å²) in [4.78, 5) is 14.1. The van der Waals surface area contributed by atoms with Crippen LogP contribution in [0.15, 0.2) is 18.2 Å². The second-order valence-corrected chi connectivity index (χ2v) is 5.67. The van der Waals surface area contributed by atoms with E-state index in [4.69, 9.17) is 11.6 Å². The molecule has 0 atom stereocenters. The number of nitrogens with zero attached hydrogens (tertiary/aromatic N) is 1. The van der Waals surface area contributed by atoms with Crippen molar-refractivity contribution in [1.29, 1.82) is 0 Å². The molecule has 0 radical (unpaired) electrons. The molecular weight excluding hydrogens is 260 g/mol. The molecule has 1 aliphatic rings. The third-order valence-electron chi connectivity index (χ3n) is 3.82. The summed E-state index contributed by atoms with van der Waals surface area (Å²) in [6.07, 6.45) is 2.28. The minimum Gasteiger partial charge on any atom is -0.313 e. The molecule has 0 aromatic heterocycles. The molecule has 1 fully saturated rings. The number of piperidine rings is 1. The zero-order valence-electron chi connectivity index (χ0n) is 11.6. The van der Waals surface area contributed by atoms with Gasteiger partial charge in [-0.2, -0.15) is 0 Å². The first-order valence-electron chi connectivity index (χ1n) is 6.77. The van der Waals surface area contributed by atoms with Crippen LogP contribution in [0, 0.1) is 0 Å². The monoisotopic (exact) mass is 280 g/mol. The lowest BCUT2D eigenvalue weighted by Gasteiger charge is -2.29. The van der Waals surface area contributed by atoms with Crippen LogP contribution < -0.4 is 5.32 Å². The molecule has 4 heteroatoms. The van der Waals surface area contributed by atoms with Crippen molar-refractivity contribution in [2.24, 2.45) is 0 Å². The third-order valence-corrected chi connectivity index (χ3v) is 4.15. The molecule has 0 aliphatic carbocycles. The van der Waals surface area contributed by atoms with E-state index in [-0.39, 0.29) is 5.78 Å². The van der Waals surface area contributed by atoms with Crippen molar-refractivity contribution in [2.45, 2.75) is 18.8 Å². The molecule has 1 saturated heterocycles. The van der Waals surface area contributed by atoms with Crippen LogP contribution in [0.3, 0.4) is 0 Å². The summed E-state index contributed by atoms with van der Waals surface area (Å²) < 4.78 is 0. The second-order valence-electron chi connectivity index (χ2n) is 5.27. The Bertz CT molecular complexity index is 453. The highest BCUT2D eigenvalue weighted by atomic mass is 35.5. The molecule has 104 valence electrons. The number of likely N-dealkylation sites (tertiary alicyclic amines) is 1. The quantitative estimate of drug-likeness (QED) is 0.861. The van der Waals surface area contributed by atoms with Crippen LogP contribution in [0.4, 0.5) is 0 Å². The van der Waals surface area contributed by atoms with Crippen molar-refractivity contribution in [3.05, 3.63) is 34.3 Å². The molecule has 0 bridgehead atoms. The van der Waals surface area contributed by atoms with Crippen LogP contribution in [0.1, 0.15) is 34.7 Å². The van der Waals surface area contributed by atoms with Crippen LogP contribution >= 0.6 is 11.6 Å². The number of benzene rings is 1. The molecule has 0 unspecified atom stereocenters. The number of Topliss-reactive ketones (excluding diaryl/α,β-unsaturated/α-hetero) is 1. The Morgan fingerprint density at radius 3 is 2.68 bits per heavy atom. The van der Waals surface area contributed by atoms with Gasteiger partial charge in [0.15, 0.2) is 5.78 Å². The first kappa shape index (κ1) is 14.5. The number of carbonyl (C=O) groups is 1. The fourth-order valence-electron chi connectivity index (χ4n) is 2.61. The maximum atomic E-state index is 11.8. The van der Waals surface area contributed by atoms with E-state index in [1.54, 1.807) is 7.05 Å². The molecule has 3 nitrogen and oxygen atoms in total. The van der Waals surface area contributed by atoms with E-state index in [0.29, 0.717) is 18.0 Å². The number of likely N-dealkylation sites (N-methyl/N-ethyl adjacent to an activating group) is 1. The van der Waals surface area contributed by atoms with E-state index in [1.165, 1.54) is 5.56 Å². The Morgan fingerprint density at radius 2 is 2.11 bits per heavy atom. The number of halogens is 1. The fourth-order valence-corrected chi connectivity index (χ4v) is 2.95. The van der Waals surface area contributed by atoms with Crippen LogP contribution in [0.5, 0.6) is 0 Å². The highest BCUT2D eigenvalue weighted by Crippen LogP contribution is 2.33. The second kappa shape index (κ2) is 6.51. The molecule has 0 saturated carbocycles. The normalized spacial score (nSPS) is 17.6. The summed E-state index contributed by atoms with van der Waals surface area (Å²) in [5.41, 5.74) is 1.88. The number of hydrogen-bond donors (Lipinski definition) is 1. The van der Waals surface area contributed by atoms with Gasteiger partial charge in [-0.25, -0.2) is 0 Å². The topological polar surface area (TPSA) is 32.3 Å². The van der Waals surface area contributed by atoms with Gasteiger partial charge in [0, 0.05) is 10.6 Å². The first-order chi connectivity index (χ1) is 9.11. The molecule has 1 aliphatic heterocycles. The number of nitrogens with one attached hydrogen (secondary N) is 1. The van der Waals surface area contributed by atoms with Crippen LogP contribution in [0.25, 0.3) is 0 Å². The van der Waals surface area contributed by atoms with Gasteiger partial charge >= 0.3 is 0 Å². The van der Waals surface area contributed by atoms with E-state index in [2.05, 4.69) is 17.3 Å². The molecule has 0 spiro atoms. The summed E-state index contributed by atoms with van der Waals surface area (Å²) in [5, 5.41) is 3.60. The zero-order chi connectivity index (χ0) is 13.8. The highest BCUT2D eigenvalue weighted by molar-refractivity contribution is 6.31. The predicted molar refractivity (Wildman–Crippen MR) is 79.2 cm³/mol. The van der Waals surface area contributed by atoms with Crippen molar-refractivity contribution in [2.75, 3.05) is 33.7 Å². The number of hydrogen-bond acceptors (Lipinski definition) is 3. The standard InChI is InChI=1S/C15H21ClN2O/c1-17-10-15(19)12-3-4-13(14(16)9-12)11-5-7-18(2)8-6-11/h3-4,9,11,17H,5-8,10H2,1-2H3. The summed E-state index contributed by atoms with van der Waals surface area (Å²) in [7, 11) is 3.92. The van der Waals surface area contributed by atoms with Crippen molar-refractivity contribution in [1.82, 2.24) is 10.2 Å². The maximum Gasteiger partial charge on any atom is 0.176 e. The number of rotatable bonds is 4. The van der Waals surface area contributed by atoms with Gasteiger partial charge in [0.2, 0.25) is 0 Å². The van der Waals surface area contributed by atoms with Gasteiger partial charge in [0.25, 0.3) is 0 Å². The molecular formula is C15H21ClN2O. The van der Waals surface area contributed by atoms with Crippen molar-refractivity contribution < 1.29 is 4.79 Å². The summed E-state index contributed by atoms with van der Waals surface area (Å²) in [5.74, 6) is 0.608. The average Bonchev–Trinajstić information content (AvgIpc) is 2.40. The Kier molecular flexibility index (Phi) is 4.97. The summed E-state index contributed by atoms with van der Waals surface area (Å²) in [6.45, 7) is 2.58. The van der Waals surface area contributed by atoms with Crippen LogP contribution in [0.2, 0.25) is 5.02 Å². The highest BCUT2D eigenvalue weighted by Gasteiger charge is 2.21. The van der Waals surface area contributed by atoms with Crippen molar-refractivity contribution >= 4 is 17.4 Å². The lowest BCUT2D eigenvalue weighted by atomic mass is 9.89. The number of ketones is 1. The van der Waals surface area contributed by atoms with E-state index < -0.39 is 0 Å². The molecule has 1 aromatic carbocycles. The summed E-state index contributed by atoms with van der Waals surface area (Å²) in [6, 6.07) is 5.75. The minimum absolute atomic E-state index is 0.0827. The van der Waals surface area contributed by atoms with E-state index >= 15 is 0 Å². The Labute approximate surface area is 119 Å². The van der Waals surface area contributed by atoms with Crippen LogP contribution in [-0.4, -0.2) is 44.4 Å². The molecule has 0 amide bonds. The number of carbonyl (C=O) groups excluding carboxylic acids is 1. The van der Waals surface area contributed by atoms with E-state index in [9.17, 15) is 4.79 Å². The predicted octanol–water partition coefficient (Wildman–Crippen LogP) is 2.55. The lowest BCUT2D eigenvalue weighted by molar-refractivity contribution is 0.0993. The van der Waals surface area contributed by atoms with E-state index in [1.807, 2.05) is 18.2 Å². The SMILES string of the molecule is CNCC(=O)c1ccc(C2CCN(C)CC2)c(Cl)c1. The average molecular weight is 281 g/mol. The van der Waals surface area contributed by atoms with Gasteiger partial charge < -0.3 is 10.2 Å². The summed E-state index contributed by atoms with van der Waals surface area (Å²) >= 11 is 6.36. The Morgan fingerprint density at radius 1 is 1.42 bits per heavy atom. The Hall–Kier alpha value is -0.900. The van der Waals surface area contributed by atoms with Gasteiger partial charge in [-0.15, -0.1) is 0 Å². The maximum absolute atomic E-state index is 11.8. The third kappa shape index (κ3) is 3.56. The van der Waals surface area contributed by atoms with Gasteiger partial charge in [-0.3, -0.25) is 4.79 Å². The lowest BCUT2D eigenvalue weighted by Crippen LogP contribution is -2.29. The van der Waals surface area contributed by atoms with Crippen LogP contribution in [-0.2, 0) is 0 Å². The smallest absolute Gasteiger partial charge is 0.176 e. The first-order valence-corrected chi connectivity index (χ1v) is 7.15. The largest absolute Gasteiger partial charge is 0.313 e. The molecule has 1 N–H and O–H groups in total. The molecule has 19 heavy (non-hydrogen) atoms. The van der Waals surface area contributed by atoms with Gasteiger partial charge in [0.1, 0.15) is 0 Å². The zero-order valence-corrected chi connectivity index (χ0v) is 12.3. The Balaban J connectivity index is 2.13. The van der Waals surface area contributed by atoms with Gasteiger partial charge in [0.05, 0.1) is 6.54 Å².